The summed E-state index contributed by atoms with van der Waals surface area (Å²) in [6.07, 6.45) is -0.763. The predicted octanol–water partition coefficient (Wildman–Crippen LogP) is 2.42. The van der Waals surface area contributed by atoms with Crippen molar-refractivity contribution in [2.24, 2.45) is 14.1 Å². The third-order valence-electron chi connectivity index (χ3n) is 4.04. The molecule has 3 aromatic rings. The minimum atomic E-state index is -0.763. The van der Waals surface area contributed by atoms with E-state index in [2.05, 4.69) is 5.32 Å². The number of ether oxygens (including phenoxy) is 1. The minimum absolute atomic E-state index is 0.133. The van der Waals surface area contributed by atoms with Gasteiger partial charge in [-0.05, 0) is 49.4 Å². The molecule has 1 atom stereocenters. The average molecular weight is 343 g/mol. The molecule has 0 aliphatic heterocycles. The zero-order valence-electron chi connectivity index (χ0n) is 14.1. The Balaban J connectivity index is 1.76. The Morgan fingerprint density at radius 3 is 2.40 bits per heavy atom. The number of nitrogens with zero attached hydrogens (tertiary/aromatic N) is 2. The normalized spacial score (nSPS) is 12.2. The van der Waals surface area contributed by atoms with Crippen molar-refractivity contribution in [2.45, 2.75) is 13.0 Å². The molecule has 130 valence electrons. The fraction of sp³-hybridized carbons (Fsp3) is 0.222. The molecule has 1 heterocycles. The van der Waals surface area contributed by atoms with E-state index in [1.165, 1.54) is 28.8 Å². The molecule has 0 spiro atoms. The van der Waals surface area contributed by atoms with E-state index in [0.717, 1.165) is 11.0 Å². The second-order valence-electron chi connectivity index (χ2n) is 5.81. The Morgan fingerprint density at radius 2 is 1.72 bits per heavy atom. The van der Waals surface area contributed by atoms with Gasteiger partial charge in [0.2, 0.25) is 0 Å². The highest BCUT2D eigenvalue weighted by Crippen LogP contribution is 2.19. The van der Waals surface area contributed by atoms with E-state index in [-0.39, 0.29) is 17.4 Å². The SMILES string of the molecule is C[C@@H](Oc1ccc(F)cc1)C(=O)Nc1ccc2c(c1)n(C)c(=O)n2C. The van der Waals surface area contributed by atoms with Crippen molar-refractivity contribution in [2.75, 3.05) is 5.32 Å². The number of fused-ring (bicyclic) bond motifs is 1. The van der Waals surface area contributed by atoms with Crippen molar-refractivity contribution in [1.82, 2.24) is 9.13 Å². The molecule has 0 fully saturated rings. The molecule has 1 aromatic heterocycles. The third-order valence-corrected chi connectivity index (χ3v) is 4.04. The molecule has 6 nitrogen and oxygen atoms in total. The number of hydrogen-bond acceptors (Lipinski definition) is 3. The van der Waals surface area contributed by atoms with E-state index in [4.69, 9.17) is 4.74 Å². The van der Waals surface area contributed by atoms with E-state index < -0.39 is 6.10 Å². The lowest BCUT2D eigenvalue weighted by molar-refractivity contribution is -0.122. The van der Waals surface area contributed by atoms with E-state index >= 15 is 0 Å². The standard InChI is InChI=1S/C18H18FN3O3/c1-11(25-14-7-4-12(19)5-8-14)17(23)20-13-6-9-15-16(10-13)22(3)18(24)21(15)2/h4-11H,1-3H3,(H,20,23)/t11-/m1/s1. The highest BCUT2D eigenvalue weighted by atomic mass is 19.1. The lowest BCUT2D eigenvalue weighted by atomic mass is 10.2. The molecule has 1 amide bonds. The molecule has 0 saturated carbocycles. The van der Waals surface area contributed by atoms with Gasteiger partial charge in [-0.3, -0.25) is 13.9 Å². The van der Waals surface area contributed by atoms with Crippen LogP contribution in [0.2, 0.25) is 0 Å². The van der Waals surface area contributed by atoms with Crippen molar-refractivity contribution in [3.05, 3.63) is 58.8 Å². The number of aromatic nitrogens is 2. The van der Waals surface area contributed by atoms with E-state index in [9.17, 15) is 14.0 Å². The maximum atomic E-state index is 12.9. The molecule has 0 aliphatic carbocycles. The molecular formula is C18H18FN3O3. The Morgan fingerprint density at radius 1 is 1.08 bits per heavy atom. The maximum Gasteiger partial charge on any atom is 0.328 e. The fourth-order valence-electron chi connectivity index (χ4n) is 2.60. The van der Waals surface area contributed by atoms with E-state index in [0.29, 0.717) is 11.4 Å². The summed E-state index contributed by atoms with van der Waals surface area (Å²) in [4.78, 5) is 24.2. The average Bonchev–Trinajstić information content (AvgIpc) is 2.81. The first-order valence-electron chi connectivity index (χ1n) is 7.75. The maximum absolute atomic E-state index is 12.9. The van der Waals surface area contributed by atoms with Crippen LogP contribution in [0.5, 0.6) is 5.75 Å². The van der Waals surface area contributed by atoms with E-state index in [1.807, 2.05) is 0 Å². The number of carbonyl (C=O) groups is 1. The molecule has 2 aromatic carbocycles. The van der Waals surface area contributed by atoms with Gasteiger partial charge in [0.15, 0.2) is 6.10 Å². The van der Waals surface area contributed by atoms with Crippen LogP contribution in [0.1, 0.15) is 6.92 Å². The van der Waals surface area contributed by atoms with Gasteiger partial charge in [0, 0.05) is 19.8 Å². The number of benzene rings is 2. The monoisotopic (exact) mass is 343 g/mol. The van der Waals surface area contributed by atoms with Crippen molar-refractivity contribution in [3.63, 3.8) is 0 Å². The summed E-state index contributed by atoms with van der Waals surface area (Å²) in [7, 11) is 3.37. The van der Waals surface area contributed by atoms with Crippen molar-refractivity contribution >= 4 is 22.6 Å². The summed E-state index contributed by atoms with van der Waals surface area (Å²) in [6.45, 7) is 1.61. The quantitative estimate of drug-likeness (QED) is 0.791. The third kappa shape index (κ3) is 3.26. The molecular weight excluding hydrogens is 325 g/mol. The smallest absolute Gasteiger partial charge is 0.328 e. The molecule has 0 saturated heterocycles. The van der Waals surface area contributed by atoms with Gasteiger partial charge in [-0.2, -0.15) is 0 Å². The van der Waals surface area contributed by atoms with Gasteiger partial charge in [0.25, 0.3) is 5.91 Å². The summed E-state index contributed by atoms with van der Waals surface area (Å²) in [5, 5.41) is 2.76. The summed E-state index contributed by atoms with van der Waals surface area (Å²) in [5.41, 5.74) is 1.93. The number of hydrogen-bond donors (Lipinski definition) is 1. The van der Waals surface area contributed by atoms with Crippen LogP contribution < -0.4 is 15.7 Å². The van der Waals surface area contributed by atoms with Crippen LogP contribution in [0.25, 0.3) is 11.0 Å². The Labute approximate surface area is 143 Å². The molecule has 0 unspecified atom stereocenters. The number of halogens is 1. The second kappa shape index (κ2) is 6.43. The van der Waals surface area contributed by atoms with Crippen LogP contribution in [-0.4, -0.2) is 21.1 Å². The lowest BCUT2D eigenvalue weighted by Crippen LogP contribution is -2.30. The second-order valence-corrected chi connectivity index (χ2v) is 5.81. The summed E-state index contributed by atoms with van der Waals surface area (Å²) < 4.78 is 21.5. The first kappa shape index (κ1) is 16.8. The number of rotatable bonds is 4. The van der Waals surface area contributed by atoms with Crippen LogP contribution in [0, 0.1) is 5.82 Å². The molecule has 1 N–H and O–H groups in total. The summed E-state index contributed by atoms with van der Waals surface area (Å²) in [5.74, 6) is -0.305. The van der Waals surface area contributed by atoms with Crippen LogP contribution in [0.4, 0.5) is 10.1 Å². The first-order chi connectivity index (χ1) is 11.9. The van der Waals surface area contributed by atoms with Gasteiger partial charge in [-0.1, -0.05) is 0 Å². The van der Waals surface area contributed by atoms with Gasteiger partial charge in [0.05, 0.1) is 11.0 Å². The number of aryl methyl sites for hydroxylation is 2. The first-order valence-corrected chi connectivity index (χ1v) is 7.75. The number of carbonyl (C=O) groups excluding carboxylic acids is 1. The van der Waals surface area contributed by atoms with Gasteiger partial charge in [-0.15, -0.1) is 0 Å². The zero-order valence-corrected chi connectivity index (χ0v) is 14.1. The van der Waals surface area contributed by atoms with Crippen molar-refractivity contribution < 1.29 is 13.9 Å². The zero-order chi connectivity index (χ0) is 18.1. The van der Waals surface area contributed by atoms with Gasteiger partial charge >= 0.3 is 5.69 Å². The number of imidazole rings is 1. The Bertz CT molecular complexity index is 989. The fourth-order valence-corrected chi connectivity index (χ4v) is 2.60. The van der Waals surface area contributed by atoms with Crippen LogP contribution in [-0.2, 0) is 18.9 Å². The van der Waals surface area contributed by atoms with E-state index in [1.54, 1.807) is 43.8 Å². The number of nitrogens with one attached hydrogen (secondary N) is 1. The minimum Gasteiger partial charge on any atom is -0.481 e. The molecule has 7 heteroatoms. The van der Waals surface area contributed by atoms with Crippen molar-refractivity contribution in [3.8, 4) is 5.75 Å². The molecule has 0 radical (unpaired) electrons. The highest BCUT2D eigenvalue weighted by Gasteiger charge is 2.16. The van der Waals surface area contributed by atoms with Crippen LogP contribution in [0.15, 0.2) is 47.3 Å². The number of anilines is 1. The topological polar surface area (TPSA) is 65.3 Å². The highest BCUT2D eigenvalue weighted by molar-refractivity contribution is 5.95. The van der Waals surface area contributed by atoms with Gasteiger partial charge < -0.3 is 10.1 Å². The predicted molar refractivity (Wildman–Crippen MR) is 93.3 cm³/mol. The van der Waals surface area contributed by atoms with Crippen LogP contribution in [0.3, 0.4) is 0 Å². The lowest BCUT2D eigenvalue weighted by Gasteiger charge is -2.15. The summed E-state index contributed by atoms with van der Waals surface area (Å²) in [6, 6.07) is 10.7. The van der Waals surface area contributed by atoms with Crippen LogP contribution >= 0.6 is 0 Å². The molecule has 3 rings (SSSR count). The Hall–Kier alpha value is -3.09. The molecule has 0 bridgehead atoms. The Kier molecular flexibility index (Phi) is 4.31. The van der Waals surface area contributed by atoms with Gasteiger partial charge in [-0.25, -0.2) is 9.18 Å². The number of amides is 1. The van der Waals surface area contributed by atoms with Gasteiger partial charge in [0.1, 0.15) is 11.6 Å². The largest absolute Gasteiger partial charge is 0.481 e. The molecule has 0 aliphatic rings. The summed E-state index contributed by atoms with van der Waals surface area (Å²) >= 11 is 0. The van der Waals surface area contributed by atoms with Crippen molar-refractivity contribution in [1.29, 1.82) is 0 Å². The molecule has 25 heavy (non-hydrogen) atoms.